The molecule has 0 saturated heterocycles. The number of carbonyl (C=O) groups is 1. The van der Waals surface area contributed by atoms with Crippen LogP contribution in [-0.2, 0) is 0 Å². The molecule has 6 nitrogen and oxygen atoms in total. The number of nitrogens with zero attached hydrogens (tertiary/aromatic N) is 2. The standard InChI is InChI=1S/C11H12ClN5O/c1-6(7-3-15-16-4-7)17-11(18)9-2-8(13)5-14-10(9)12/h2-6H,13H2,1H3,(H,15,16)(H,17,18). The molecule has 94 valence electrons. The molecule has 7 heteroatoms. The van der Waals surface area contributed by atoms with Crippen LogP contribution in [0.15, 0.2) is 24.7 Å². The molecule has 0 bridgehead atoms. The Balaban J connectivity index is 2.15. The molecule has 1 atom stereocenters. The SMILES string of the molecule is CC(NC(=O)c1cc(N)cnc1Cl)c1cn[nH]c1. The van der Waals surface area contributed by atoms with Crippen LogP contribution in [0.3, 0.4) is 0 Å². The van der Waals surface area contributed by atoms with Gasteiger partial charge in [0.25, 0.3) is 5.91 Å². The average molecular weight is 266 g/mol. The predicted octanol–water partition coefficient (Wildman–Crippen LogP) is 1.53. The highest BCUT2D eigenvalue weighted by atomic mass is 35.5. The first-order valence-electron chi connectivity index (χ1n) is 5.28. The van der Waals surface area contributed by atoms with E-state index in [1.54, 1.807) is 12.4 Å². The lowest BCUT2D eigenvalue weighted by Gasteiger charge is -2.12. The molecule has 2 heterocycles. The third-order valence-corrected chi connectivity index (χ3v) is 2.77. The summed E-state index contributed by atoms with van der Waals surface area (Å²) in [5, 5.41) is 9.42. The van der Waals surface area contributed by atoms with Crippen molar-refractivity contribution in [3.05, 3.63) is 40.9 Å². The molecule has 1 amide bonds. The number of pyridine rings is 1. The summed E-state index contributed by atoms with van der Waals surface area (Å²) in [5.41, 5.74) is 7.09. The second-order valence-corrected chi connectivity index (χ2v) is 4.19. The van der Waals surface area contributed by atoms with Crippen LogP contribution in [0.4, 0.5) is 5.69 Å². The van der Waals surface area contributed by atoms with E-state index >= 15 is 0 Å². The van der Waals surface area contributed by atoms with Crippen molar-refractivity contribution in [3.63, 3.8) is 0 Å². The van der Waals surface area contributed by atoms with Gasteiger partial charge in [0, 0.05) is 11.8 Å². The topological polar surface area (TPSA) is 96.7 Å². The zero-order valence-electron chi connectivity index (χ0n) is 9.64. The van der Waals surface area contributed by atoms with Gasteiger partial charge >= 0.3 is 0 Å². The smallest absolute Gasteiger partial charge is 0.254 e. The molecule has 4 N–H and O–H groups in total. The quantitative estimate of drug-likeness (QED) is 0.733. The monoisotopic (exact) mass is 265 g/mol. The van der Waals surface area contributed by atoms with Crippen LogP contribution in [0.1, 0.15) is 28.9 Å². The van der Waals surface area contributed by atoms with Gasteiger partial charge in [-0.2, -0.15) is 5.10 Å². The molecular weight excluding hydrogens is 254 g/mol. The lowest BCUT2D eigenvalue weighted by atomic mass is 10.1. The van der Waals surface area contributed by atoms with Gasteiger partial charge in [-0.25, -0.2) is 4.98 Å². The van der Waals surface area contributed by atoms with Crippen LogP contribution in [-0.4, -0.2) is 21.1 Å². The van der Waals surface area contributed by atoms with Crippen molar-refractivity contribution >= 4 is 23.2 Å². The summed E-state index contributed by atoms with van der Waals surface area (Å²) in [6.45, 7) is 1.84. The number of nitrogens with two attached hydrogens (primary N) is 1. The van der Waals surface area contributed by atoms with Crippen LogP contribution < -0.4 is 11.1 Å². The van der Waals surface area contributed by atoms with Gasteiger partial charge in [0.1, 0.15) is 5.15 Å². The fraction of sp³-hybridized carbons (Fsp3) is 0.182. The highest BCUT2D eigenvalue weighted by Crippen LogP contribution is 2.17. The summed E-state index contributed by atoms with van der Waals surface area (Å²) in [5.74, 6) is -0.325. The second kappa shape index (κ2) is 5.05. The van der Waals surface area contributed by atoms with Crippen molar-refractivity contribution in [2.75, 3.05) is 5.73 Å². The Labute approximate surface area is 109 Å². The minimum absolute atomic E-state index is 0.126. The largest absolute Gasteiger partial charge is 0.397 e. The number of hydrogen-bond acceptors (Lipinski definition) is 4. The van der Waals surface area contributed by atoms with Gasteiger partial charge in [-0.15, -0.1) is 0 Å². The third-order valence-electron chi connectivity index (χ3n) is 2.47. The second-order valence-electron chi connectivity index (χ2n) is 3.83. The number of hydrogen-bond donors (Lipinski definition) is 3. The summed E-state index contributed by atoms with van der Waals surface area (Å²) in [4.78, 5) is 15.8. The van der Waals surface area contributed by atoms with E-state index in [4.69, 9.17) is 17.3 Å². The normalized spacial score (nSPS) is 12.1. The predicted molar refractivity (Wildman–Crippen MR) is 68.1 cm³/mol. The zero-order chi connectivity index (χ0) is 13.1. The molecule has 2 rings (SSSR count). The number of carbonyl (C=O) groups excluding carboxylic acids is 1. The molecule has 0 aromatic carbocycles. The first-order chi connectivity index (χ1) is 8.58. The number of aromatic nitrogens is 3. The van der Waals surface area contributed by atoms with E-state index in [1.807, 2.05) is 6.92 Å². The fourth-order valence-corrected chi connectivity index (χ4v) is 1.67. The van der Waals surface area contributed by atoms with Gasteiger partial charge < -0.3 is 11.1 Å². The van der Waals surface area contributed by atoms with Gasteiger partial charge in [-0.05, 0) is 13.0 Å². The summed E-state index contributed by atoms with van der Waals surface area (Å²) in [6, 6.07) is 1.31. The van der Waals surface area contributed by atoms with E-state index in [0.29, 0.717) is 5.69 Å². The molecule has 0 aliphatic heterocycles. The molecule has 0 aliphatic carbocycles. The Bertz CT molecular complexity index is 555. The van der Waals surface area contributed by atoms with Gasteiger partial charge in [0.15, 0.2) is 0 Å². The zero-order valence-corrected chi connectivity index (χ0v) is 10.4. The van der Waals surface area contributed by atoms with Crippen molar-refractivity contribution in [2.24, 2.45) is 0 Å². The lowest BCUT2D eigenvalue weighted by molar-refractivity contribution is 0.0939. The van der Waals surface area contributed by atoms with E-state index in [9.17, 15) is 4.79 Å². The van der Waals surface area contributed by atoms with Gasteiger partial charge in [0.05, 0.1) is 29.7 Å². The Morgan fingerprint density at radius 3 is 3.00 bits per heavy atom. The van der Waals surface area contributed by atoms with Crippen LogP contribution in [0, 0.1) is 0 Å². The molecule has 0 fully saturated rings. The van der Waals surface area contributed by atoms with Gasteiger partial charge in [0.2, 0.25) is 0 Å². The minimum atomic E-state index is -0.325. The molecular formula is C11H12ClN5O. The molecule has 0 saturated carbocycles. The first kappa shape index (κ1) is 12.4. The van der Waals surface area contributed by atoms with Crippen molar-refractivity contribution in [1.29, 1.82) is 0 Å². The molecule has 1 unspecified atom stereocenters. The van der Waals surface area contributed by atoms with E-state index < -0.39 is 0 Å². The van der Waals surface area contributed by atoms with Crippen LogP contribution in [0.25, 0.3) is 0 Å². The number of halogens is 1. The van der Waals surface area contributed by atoms with E-state index in [2.05, 4.69) is 20.5 Å². The average Bonchev–Trinajstić information content (AvgIpc) is 2.85. The fourth-order valence-electron chi connectivity index (χ4n) is 1.48. The molecule has 18 heavy (non-hydrogen) atoms. The maximum Gasteiger partial charge on any atom is 0.254 e. The molecule has 0 aliphatic rings. The van der Waals surface area contributed by atoms with Crippen molar-refractivity contribution in [1.82, 2.24) is 20.5 Å². The van der Waals surface area contributed by atoms with Crippen molar-refractivity contribution in [3.8, 4) is 0 Å². The summed E-state index contributed by atoms with van der Waals surface area (Å²) in [6.07, 6.45) is 4.76. The number of H-pyrrole nitrogens is 1. The first-order valence-corrected chi connectivity index (χ1v) is 5.66. The Hall–Kier alpha value is -2.08. The minimum Gasteiger partial charge on any atom is -0.397 e. The molecule has 0 spiro atoms. The maximum absolute atomic E-state index is 12.0. The number of rotatable bonds is 3. The van der Waals surface area contributed by atoms with E-state index in [1.165, 1.54) is 12.3 Å². The van der Waals surface area contributed by atoms with Crippen LogP contribution in [0.2, 0.25) is 5.15 Å². The summed E-state index contributed by atoms with van der Waals surface area (Å²) < 4.78 is 0. The lowest BCUT2D eigenvalue weighted by Crippen LogP contribution is -2.27. The third kappa shape index (κ3) is 2.60. The van der Waals surface area contributed by atoms with E-state index in [-0.39, 0.29) is 22.7 Å². The highest BCUT2D eigenvalue weighted by molar-refractivity contribution is 6.32. The highest BCUT2D eigenvalue weighted by Gasteiger charge is 2.15. The Kier molecular flexibility index (Phi) is 3.47. The maximum atomic E-state index is 12.0. The molecule has 0 radical (unpaired) electrons. The Morgan fingerprint density at radius 2 is 2.33 bits per heavy atom. The van der Waals surface area contributed by atoms with Crippen molar-refractivity contribution in [2.45, 2.75) is 13.0 Å². The van der Waals surface area contributed by atoms with Gasteiger partial charge in [-0.3, -0.25) is 9.89 Å². The number of anilines is 1. The molecule has 2 aromatic heterocycles. The summed E-state index contributed by atoms with van der Waals surface area (Å²) in [7, 11) is 0. The van der Waals surface area contributed by atoms with E-state index in [0.717, 1.165) is 5.56 Å². The van der Waals surface area contributed by atoms with Crippen molar-refractivity contribution < 1.29 is 4.79 Å². The van der Waals surface area contributed by atoms with Crippen LogP contribution >= 0.6 is 11.6 Å². The number of nitrogen functional groups attached to an aromatic ring is 1. The summed E-state index contributed by atoms with van der Waals surface area (Å²) >= 11 is 5.85. The number of aromatic amines is 1. The number of amides is 1. The molecule has 2 aromatic rings. The Morgan fingerprint density at radius 1 is 1.56 bits per heavy atom. The van der Waals surface area contributed by atoms with Gasteiger partial charge in [-0.1, -0.05) is 11.6 Å². The van der Waals surface area contributed by atoms with Crippen LogP contribution in [0.5, 0.6) is 0 Å². The number of nitrogens with one attached hydrogen (secondary N) is 2.